The molecule has 1 amide bonds. The molecule has 1 aliphatic rings. The molecule has 0 radical (unpaired) electrons. The summed E-state index contributed by atoms with van der Waals surface area (Å²) >= 11 is 1.57. The Morgan fingerprint density at radius 1 is 1.46 bits per heavy atom. The minimum atomic E-state index is 0.103. The number of likely N-dealkylation sites (tertiary alicyclic amines) is 1. The summed E-state index contributed by atoms with van der Waals surface area (Å²) in [5.41, 5.74) is 0.688. The van der Waals surface area contributed by atoms with Gasteiger partial charge in [-0.3, -0.25) is 4.79 Å². The third-order valence-corrected chi connectivity index (χ3v) is 5.17. The van der Waals surface area contributed by atoms with Crippen molar-refractivity contribution in [1.82, 2.24) is 19.4 Å². The van der Waals surface area contributed by atoms with E-state index in [2.05, 4.69) is 14.5 Å². The molecule has 0 aliphatic carbocycles. The highest BCUT2D eigenvalue weighted by Gasteiger charge is 2.25. The molecule has 24 heavy (non-hydrogen) atoms. The third-order valence-electron chi connectivity index (χ3n) is 4.31. The molecule has 3 aromatic heterocycles. The van der Waals surface area contributed by atoms with Crippen LogP contribution in [-0.2, 0) is 11.2 Å². The molecule has 3 aromatic rings. The minimum absolute atomic E-state index is 0.103. The molecular weight excluding hydrogens is 324 g/mol. The maximum absolute atomic E-state index is 12.6. The van der Waals surface area contributed by atoms with Crippen LogP contribution in [0, 0.1) is 0 Å². The Labute approximate surface area is 143 Å². The summed E-state index contributed by atoms with van der Waals surface area (Å²) in [5, 5.41) is 1.98. The zero-order valence-electron chi connectivity index (χ0n) is 13.2. The molecule has 124 valence electrons. The van der Waals surface area contributed by atoms with Crippen LogP contribution in [-0.4, -0.2) is 38.4 Å². The number of hydrogen-bond acceptors (Lipinski definition) is 5. The summed E-state index contributed by atoms with van der Waals surface area (Å²) in [6.07, 6.45) is 9.52. The Morgan fingerprint density at radius 3 is 3.21 bits per heavy atom. The lowest BCUT2D eigenvalue weighted by molar-refractivity contribution is -0.132. The van der Waals surface area contributed by atoms with Gasteiger partial charge in [0.25, 0.3) is 0 Å². The van der Waals surface area contributed by atoms with E-state index in [0.29, 0.717) is 17.6 Å². The van der Waals surface area contributed by atoms with Crippen LogP contribution in [0.2, 0.25) is 0 Å². The van der Waals surface area contributed by atoms with Crippen molar-refractivity contribution < 1.29 is 9.21 Å². The van der Waals surface area contributed by atoms with E-state index in [1.807, 2.05) is 34.9 Å². The lowest BCUT2D eigenvalue weighted by atomic mass is 10.1. The Bertz CT molecular complexity index is 795. The van der Waals surface area contributed by atoms with E-state index in [9.17, 15) is 4.79 Å². The summed E-state index contributed by atoms with van der Waals surface area (Å²) < 4.78 is 7.58. The van der Waals surface area contributed by atoms with Gasteiger partial charge in [-0.15, -0.1) is 11.3 Å². The predicted octanol–water partition coefficient (Wildman–Crippen LogP) is 3.01. The van der Waals surface area contributed by atoms with Crippen molar-refractivity contribution in [2.45, 2.75) is 25.3 Å². The Kier molecular flexibility index (Phi) is 4.17. The van der Waals surface area contributed by atoms with E-state index >= 15 is 0 Å². The van der Waals surface area contributed by atoms with E-state index < -0.39 is 0 Å². The van der Waals surface area contributed by atoms with Crippen LogP contribution in [0.4, 0.5) is 0 Å². The number of carbonyl (C=O) groups is 1. The number of oxazole rings is 1. The number of imidazole rings is 1. The van der Waals surface area contributed by atoms with Crippen LogP contribution in [0.1, 0.15) is 24.6 Å². The summed E-state index contributed by atoms with van der Waals surface area (Å²) in [6, 6.07) is 4.23. The number of amides is 1. The van der Waals surface area contributed by atoms with Crippen molar-refractivity contribution in [3.8, 4) is 10.8 Å². The van der Waals surface area contributed by atoms with Gasteiger partial charge in [-0.2, -0.15) is 0 Å². The fraction of sp³-hybridized carbons (Fsp3) is 0.353. The molecule has 7 heteroatoms. The lowest BCUT2D eigenvalue weighted by Crippen LogP contribution is -2.41. The van der Waals surface area contributed by atoms with Gasteiger partial charge in [-0.1, -0.05) is 6.07 Å². The first-order chi connectivity index (χ1) is 11.8. The maximum Gasteiger partial charge on any atom is 0.236 e. The third kappa shape index (κ3) is 3.12. The van der Waals surface area contributed by atoms with E-state index in [0.717, 1.165) is 30.8 Å². The summed E-state index contributed by atoms with van der Waals surface area (Å²) in [5.74, 6) is 0.689. The van der Waals surface area contributed by atoms with E-state index in [1.54, 1.807) is 23.8 Å². The van der Waals surface area contributed by atoms with E-state index in [4.69, 9.17) is 4.42 Å². The quantitative estimate of drug-likeness (QED) is 0.731. The Morgan fingerprint density at radius 2 is 2.42 bits per heavy atom. The molecular formula is C17H18N4O2S. The van der Waals surface area contributed by atoms with Gasteiger partial charge < -0.3 is 13.9 Å². The average Bonchev–Trinajstić information content (AvgIpc) is 3.36. The zero-order valence-corrected chi connectivity index (χ0v) is 14.0. The smallest absolute Gasteiger partial charge is 0.236 e. The molecule has 0 spiro atoms. The molecule has 1 aliphatic heterocycles. The highest BCUT2D eigenvalue weighted by atomic mass is 32.1. The molecule has 1 atom stereocenters. The average molecular weight is 342 g/mol. The number of piperidine rings is 1. The first kappa shape index (κ1) is 15.1. The van der Waals surface area contributed by atoms with Gasteiger partial charge in [0, 0.05) is 25.5 Å². The SMILES string of the molecule is O=C(Cc1coc(-c2cccs2)n1)N1CCC[C@H](n2ccnc2)C1. The Balaban J connectivity index is 1.41. The number of rotatable bonds is 4. The molecule has 1 saturated heterocycles. The number of carbonyl (C=O) groups excluding carboxylic acids is 1. The number of hydrogen-bond donors (Lipinski definition) is 0. The first-order valence-corrected chi connectivity index (χ1v) is 8.91. The molecule has 0 unspecified atom stereocenters. The highest BCUT2D eigenvalue weighted by Crippen LogP contribution is 2.25. The van der Waals surface area contributed by atoms with Crippen molar-refractivity contribution in [2.75, 3.05) is 13.1 Å². The normalized spacial score (nSPS) is 18.0. The van der Waals surface area contributed by atoms with Crippen LogP contribution < -0.4 is 0 Å². The molecule has 0 N–H and O–H groups in total. The van der Waals surface area contributed by atoms with Crippen LogP contribution in [0.25, 0.3) is 10.8 Å². The molecule has 1 fully saturated rings. The molecule has 6 nitrogen and oxygen atoms in total. The van der Waals surface area contributed by atoms with Gasteiger partial charge in [-0.05, 0) is 24.3 Å². The van der Waals surface area contributed by atoms with Gasteiger partial charge in [-0.25, -0.2) is 9.97 Å². The summed E-state index contributed by atoms with van der Waals surface area (Å²) in [4.78, 5) is 24.0. The largest absolute Gasteiger partial charge is 0.444 e. The second-order valence-corrected chi connectivity index (χ2v) is 6.89. The molecule has 4 rings (SSSR count). The fourth-order valence-electron chi connectivity index (χ4n) is 3.08. The van der Waals surface area contributed by atoms with Crippen LogP contribution in [0.15, 0.2) is 46.9 Å². The minimum Gasteiger partial charge on any atom is -0.444 e. The van der Waals surface area contributed by atoms with Crippen LogP contribution in [0.3, 0.4) is 0 Å². The fourth-order valence-corrected chi connectivity index (χ4v) is 3.73. The molecule has 4 heterocycles. The van der Waals surface area contributed by atoms with Gasteiger partial charge in [0.05, 0.1) is 29.4 Å². The standard InChI is InChI=1S/C17H18N4O2S/c22-16(9-13-11-23-17(19-13)15-4-2-8-24-15)20-6-1-3-14(10-20)21-7-5-18-12-21/h2,4-5,7-8,11-12,14H,1,3,6,9-10H2/t14-/m0/s1. The van der Waals surface area contributed by atoms with Gasteiger partial charge in [0.1, 0.15) is 6.26 Å². The summed E-state index contributed by atoms with van der Waals surface area (Å²) in [7, 11) is 0. The van der Waals surface area contributed by atoms with Gasteiger partial charge in [0.15, 0.2) is 0 Å². The van der Waals surface area contributed by atoms with Gasteiger partial charge in [0.2, 0.25) is 11.8 Å². The van der Waals surface area contributed by atoms with Crippen molar-refractivity contribution >= 4 is 17.2 Å². The highest BCUT2D eigenvalue weighted by molar-refractivity contribution is 7.13. The number of nitrogens with zero attached hydrogens (tertiary/aromatic N) is 4. The molecule has 0 saturated carbocycles. The topological polar surface area (TPSA) is 64.2 Å². The lowest BCUT2D eigenvalue weighted by Gasteiger charge is -2.33. The van der Waals surface area contributed by atoms with Crippen molar-refractivity contribution in [3.63, 3.8) is 0 Å². The van der Waals surface area contributed by atoms with E-state index in [1.165, 1.54) is 0 Å². The van der Waals surface area contributed by atoms with E-state index in [-0.39, 0.29) is 12.3 Å². The maximum atomic E-state index is 12.6. The number of aromatic nitrogens is 3. The molecule has 0 bridgehead atoms. The zero-order chi connectivity index (χ0) is 16.4. The molecule has 0 aromatic carbocycles. The first-order valence-electron chi connectivity index (χ1n) is 8.03. The van der Waals surface area contributed by atoms with Crippen LogP contribution >= 0.6 is 11.3 Å². The second kappa shape index (κ2) is 6.60. The summed E-state index contributed by atoms with van der Waals surface area (Å²) in [6.45, 7) is 1.53. The number of thiophene rings is 1. The predicted molar refractivity (Wildman–Crippen MR) is 90.6 cm³/mol. The van der Waals surface area contributed by atoms with Crippen LogP contribution in [0.5, 0.6) is 0 Å². The van der Waals surface area contributed by atoms with Crippen molar-refractivity contribution in [1.29, 1.82) is 0 Å². The van der Waals surface area contributed by atoms with Crippen molar-refractivity contribution in [2.24, 2.45) is 0 Å². The van der Waals surface area contributed by atoms with Gasteiger partial charge >= 0.3 is 0 Å². The van der Waals surface area contributed by atoms with Crippen molar-refractivity contribution in [3.05, 3.63) is 48.2 Å². The Hall–Kier alpha value is -2.41. The monoisotopic (exact) mass is 342 g/mol. The second-order valence-electron chi connectivity index (χ2n) is 5.94.